The van der Waals surface area contributed by atoms with Crippen LogP contribution in [0.2, 0.25) is 0 Å². The number of phenolic OH excluding ortho intramolecular Hbond substituents is 1. The Hall–Kier alpha value is -2.11. The lowest BCUT2D eigenvalue weighted by atomic mass is 10.1. The first-order valence-corrected chi connectivity index (χ1v) is 7.93. The number of nitrogens with zero attached hydrogens (tertiary/aromatic N) is 2. The van der Waals surface area contributed by atoms with E-state index in [1.165, 1.54) is 0 Å². The van der Waals surface area contributed by atoms with Crippen molar-refractivity contribution in [3.8, 4) is 5.75 Å². The second-order valence-corrected chi connectivity index (χ2v) is 7.23. The van der Waals surface area contributed by atoms with Gasteiger partial charge in [0, 0.05) is 36.9 Å². The smallest absolute Gasteiger partial charge is 0.410 e. The molecule has 1 fully saturated rings. The van der Waals surface area contributed by atoms with Crippen molar-refractivity contribution in [2.75, 3.05) is 23.7 Å². The van der Waals surface area contributed by atoms with E-state index in [0.717, 1.165) is 5.69 Å². The third-order valence-electron chi connectivity index (χ3n) is 3.96. The van der Waals surface area contributed by atoms with Crippen molar-refractivity contribution in [2.24, 2.45) is 0 Å². The first-order chi connectivity index (χ1) is 10.6. The second kappa shape index (κ2) is 6.18. The second-order valence-electron chi connectivity index (χ2n) is 7.23. The average molecular weight is 321 g/mol. The number of hydrogen-bond acceptors (Lipinski definition) is 5. The lowest BCUT2D eigenvalue weighted by Gasteiger charge is -2.45. The van der Waals surface area contributed by atoms with Crippen LogP contribution in [0.1, 0.15) is 34.6 Å². The lowest BCUT2D eigenvalue weighted by molar-refractivity contribution is 0.0130. The van der Waals surface area contributed by atoms with Gasteiger partial charge in [0.1, 0.15) is 11.4 Å². The van der Waals surface area contributed by atoms with E-state index in [9.17, 15) is 9.90 Å². The number of ether oxygens (including phenoxy) is 1. The van der Waals surface area contributed by atoms with Crippen LogP contribution in [0.25, 0.3) is 0 Å². The Bertz CT molecular complexity index is 583. The monoisotopic (exact) mass is 321 g/mol. The molecule has 1 aliphatic heterocycles. The maximum atomic E-state index is 12.3. The van der Waals surface area contributed by atoms with Crippen molar-refractivity contribution in [1.29, 1.82) is 0 Å². The minimum absolute atomic E-state index is 0.0146. The highest BCUT2D eigenvalue weighted by molar-refractivity contribution is 5.70. The van der Waals surface area contributed by atoms with E-state index in [1.807, 2.05) is 33.8 Å². The van der Waals surface area contributed by atoms with Crippen LogP contribution in [0.5, 0.6) is 5.75 Å². The van der Waals surface area contributed by atoms with Crippen molar-refractivity contribution in [2.45, 2.75) is 52.3 Å². The zero-order valence-electron chi connectivity index (χ0n) is 14.5. The number of nitrogen functional groups attached to an aromatic ring is 1. The van der Waals surface area contributed by atoms with Crippen LogP contribution in [0.15, 0.2) is 18.2 Å². The number of carbonyl (C=O) groups excluding carboxylic acids is 1. The Morgan fingerprint density at radius 2 is 1.91 bits per heavy atom. The zero-order valence-corrected chi connectivity index (χ0v) is 14.5. The number of aromatic hydroxyl groups is 1. The Labute approximate surface area is 137 Å². The molecular formula is C17H27N3O3. The molecule has 1 aromatic rings. The highest BCUT2D eigenvalue weighted by Gasteiger charge is 2.34. The SMILES string of the molecule is C[C@@H]1CN(c2ccc(N)c(O)c2)[C@@H](C)CN1C(=O)OC(C)(C)C. The van der Waals surface area contributed by atoms with Gasteiger partial charge in [0.05, 0.1) is 5.69 Å². The number of hydrogen-bond donors (Lipinski definition) is 2. The molecular weight excluding hydrogens is 294 g/mol. The molecule has 6 heteroatoms. The van der Waals surface area contributed by atoms with E-state index in [2.05, 4.69) is 11.8 Å². The molecule has 1 heterocycles. The molecule has 0 aromatic heterocycles. The fourth-order valence-corrected chi connectivity index (χ4v) is 2.77. The topological polar surface area (TPSA) is 79.0 Å². The van der Waals surface area contributed by atoms with Crippen LogP contribution in [0.3, 0.4) is 0 Å². The number of phenols is 1. The Balaban J connectivity index is 2.12. The van der Waals surface area contributed by atoms with Crippen molar-refractivity contribution < 1.29 is 14.6 Å². The number of amides is 1. The molecule has 1 saturated heterocycles. The van der Waals surface area contributed by atoms with Gasteiger partial charge in [0.15, 0.2) is 0 Å². The maximum absolute atomic E-state index is 12.3. The van der Waals surface area contributed by atoms with Gasteiger partial charge in [-0.25, -0.2) is 4.79 Å². The summed E-state index contributed by atoms with van der Waals surface area (Å²) in [6.45, 7) is 10.9. The van der Waals surface area contributed by atoms with E-state index < -0.39 is 5.60 Å². The van der Waals surface area contributed by atoms with Gasteiger partial charge in [-0.2, -0.15) is 0 Å². The average Bonchev–Trinajstić information content (AvgIpc) is 2.42. The predicted octanol–water partition coefficient (Wildman–Crippen LogP) is 2.81. The maximum Gasteiger partial charge on any atom is 0.410 e. The molecule has 6 nitrogen and oxygen atoms in total. The van der Waals surface area contributed by atoms with E-state index in [0.29, 0.717) is 18.8 Å². The van der Waals surface area contributed by atoms with Crippen molar-refractivity contribution in [3.63, 3.8) is 0 Å². The highest BCUT2D eigenvalue weighted by Crippen LogP contribution is 2.30. The first kappa shape index (κ1) is 17.2. The summed E-state index contributed by atoms with van der Waals surface area (Å²) in [6.07, 6.45) is -0.281. The van der Waals surface area contributed by atoms with Crippen LogP contribution >= 0.6 is 0 Å². The molecule has 23 heavy (non-hydrogen) atoms. The molecule has 0 aliphatic carbocycles. The number of carbonyl (C=O) groups is 1. The molecule has 3 N–H and O–H groups in total. The van der Waals surface area contributed by atoms with Crippen molar-refractivity contribution in [3.05, 3.63) is 18.2 Å². The molecule has 2 atom stereocenters. The summed E-state index contributed by atoms with van der Waals surface area (Å²) >= 11 is 0. The molecule has 128 valence electrons. The largest absolute Gasteiger partial charge is 0.506 e. The van der Waals surface area contributed by atoms with Crippen LogP contribution < -0.4 is 10.6 Å². The third-order valence-corrected chi connectivity index (χ3v) is 3.96. The van der Waals surface area contributed by atoms with Gasteiger partial charge in [0.2, 0.25) is 0 Å². The summed E-state index contributed by atoms with van der Waals surface area (Å²) in [7, 11) is 0. The molecule has 1 amide bonds. The Kier molecular flexibility index (Phi) is 4.63. The summed E-state index contributed by atoms with van der Waals surface area (Å²) in [5.41, 5.74) is 6.43. The molecule has 0 saturated carbocycles. The number of piperazine rings is 1. The van der Waals surface area contributed by atoms with Gasteiger partial charge in [-0.15, -0.1) is 0 Å². The molecule has 1 aromatic carbocycles. The molecule has 0 radical (unpaired) electrons. The molecule has 0 bridgehead atoms. The first-order valence-electron chi connectivity index (χ1n) is 7.93. The number of benzene rings is 1. The third kappa shape index (κ3) is 4.00. The van der Waals surface area contributed by atoms with E-state index in [4.69, 9.17) is 10.5 Å². The van der Waals surface area contributed by atoms with Gasteiger partial charge < -0.3 is 25.4 Å². The Morgan fingerprint density at radius 1 is 1.26 bits per heavy atom. The van der Waals surface area contributed by atoms with Crippen LogP contribution in [0.4, 0.5) is 16.2 Å². The molecule has 0 spiro atoms. The van der Waals surface area contributed by atoms with E-state index in [1.54, 1.807) is 17.0 Å². The summed E-state index contributed by atoms with van der Waals surface area (Å²) in [5, 5.41) is 9.81. The summed E-state index contributed by atoms with van der Waals surface area (Å²) in [6, 6.07) is 5.38. The summed E-state index contributed by atoms with van der Waals surface area (Å²) in [5.74, 6) is 0.0805. The zero-order chi connectivity index (χ0) is 17.4. The van der Waals surface area contributed by atoms with Gasteiger partial charge in [-0.05, 0) is 46.8 Å². The normalized spacial score (nSPS) is 22.1. The minimum Gasteiger partial charge on any atom is -0.506 e. The van der Waals surface area contributed by atoms with E-state index >= 15 is 0 Å². The molecule has 1 aliphatic rings. The van der Waals surface area contributed by atoms with Gasteiger partial charge in [0.25, 0.3) is 0 Å². The van der Waals surface area contributed by atoms with Crippen LogP contribution in [-0.2, 0) is 4.74 Å². The Morgan fingerprint density at radius 3 is 2.48 bits per heavy atom. The number of anilines is 2. The fourth-order valence-electron chi connectivity index (χ4n) is 2.77. The van der Waals surface area contributed by atoms with Gasteiger partial charge in [-0.3, -0.25) is 0 Å². The summed E-state index contributed by atoms with van der Waals surface area (Å²) in [4.78, 5) is 16.3. The highest BCUT2D eigenvalue weighted by atomic mass is 16.6. The van der Waals surface area contributed by atoms with Crippen molar-refractivity contribution in [1.82, 2.24) is 4.90 Å². The fraction of sp³-hybridized carbons (Fsp3) is 0.588. The standard InChI is InChI=1S/C17H27N3O3/c1-11-10-20(16(22)23-17(3,4)5)12(2)9-19(11)13-6-7-14(18)15(21)8-13/h6-8,11-12,21H,9-10,18H2,1-5H3/t11-,12+/m0/s1. The minimum atomic E-state index is -0.500. The predicted molar refractivity (Wildman–Crippen MR) is 91.7 cm³/mol. The van der Waals surface area contributed by atoms with Crippen LogP contribution in [0, 0.1) is 0 Å². The van der Waals surface area contributed by atoms with Gasteiger partial charge >= 0.3 is 6.09 Å². The summed E-state index contributed by atoms with van der Waals surface area (Å²) < 4.78 is 5.48. The number of nitrogens with two attached hydrogens (primary N) is 1. The lowest BCUT2D eigenvalue weighted by Crippen LogP contribution is -2.59. The quantitative estimate of drug-likeness (QED) is 0.614. The molecule has 0 unspecified atom stereocenters. The van der Waals surface area contributed by atoms with E-state index in [-0.39, 0.29) is 23.9 Å². The molecule has 2 rings (SSSR count). The van der Waals surface area contributed by atoms with Gasteiger partial charge in [-0.1, -0.05) is 0 Å². The number of rotatable bonds is 1. The van der Waals surface area contributed by atoms with Crippen molar-refractivity contribution >= 4 is 17.5 Å². The van der Waals surface area contributed by atoms with Crippen LogP contribution in [-0.4, -0.2) is 46.9 Å².